The van der Waals surface area contributed by atoms with Crippen LogP contribution in [0, 0.1) is 11.8 Å². The predicted octanol–water partition coefficient (Wildman–Crippen LogP) is 4.40. The molecule has 3 N–H and O–H groups in total. The van der Waals surface area contributed by atoms with Crippen molar-refractivity contribution in [3.05, 3.63) is 35.4 Å². The van der Waals surface area contributed by atoms with Crippen LogP contribution in [-0.4, -0.2) is 43.2 Å². The highest BCUT2D eigenvalue weighted by Gasteiger charge is 2.41. The first-order valence-corrected chi connectivity index (χ1v) is 11.6. The molecule has 3 fully saturated rings. The van der Waals surface area contributed by atoms with E-state index in [1.165, 1.54) is 25.7 Å². The highest BCUT2D eigenvalue weighted by molar-refractivity contribution is 5.27. The van der Waals surface area contributed by atoms with E-state index in [0.29, 0.717) is 12.6 Å². The van der Waals surface area contributed by atoms with E-state index in [-0.39, 0.29) is 6.04 Å². The zero-order chi connectivity index (χ0) is 22.0. The molecule has 0 spiro atoms. The van der Waals surface area contributed by atoms with Crippen molar-refractivity contribution in [3.63, 3.8) is 0 Å². The fraction of sp³-hybridized carbons (Fsp3) is 0.739. The minimum atomic E-state index is -4.34. The fourth-order valence-corrected chi connectivity index (χ4v) is 5.37. The van der Waals surface area contributed by atoms with Crippen molar-refractivity contribution in [1.82, 2.24) is 20.9 Å². The second-order valence-corrected chi connectivity index (χ2v) is 9.50. The van der Waals surface area contributed by atoms with Crippen LogP contribution in [0.15, 0.2) is 24.3 Å². The Bertz CT molecular complexity index is 703. The summed E-state index contributed by atoms with van der Waals surface area (Å²) in [4.78, 5) is 2.09. The summed E-state index contributed by atoms with van der Waals surface area (Å²) in [5, 5.41) is 9.85. The maximum absolute atomic E-state index is 15.5. The Morgan fingerprint density at radius 2 is 1.74 bits per heavy atom. The largest absolute Gasteiger partial charge is 0.416 e. The van der Waals surface area contributed by atoms with Crippen LogP contribution in [0.25, 0.3) is 0 Å². The molecule has 4 rings (SSSR count). The number of alkyl halides is 4. The molecule has 0 bridgehead atoms. The topological polar surface area (TPSA) is 39.3 Å². The number of nitrogens with zero attached hydrogens (tertiary/aromatic N) is 1. The molecule has 1 aliphatic carbocycles. The highest BCUT2D eigenvalue weighted by Crippen LogP contribution is 2.37. The van der Waals surface area contributed by atoms with Gasteiger partial charge in [-0.05, 0) is 61.8 Å². The van der Waals surface area contributed by atoms with E-state index >= 15 is 4.39 Å². The molecule has 2 aliphatic heterocycles. The molecular formula is C23H34F4N4. The zero-order valence-corrected chi connectivity index (χ0v) is 18.1. The Hall–Kier alpha value is -1.22. The zero-order valence-electron chi connectivity index (χ0n) is 18.1. The second-order valence-electron chi connectivity index (χ2n) is 9.50. The quantitative estimate of drug-likeness (QED) is 0.591. The van der Waals surface area contributed by atoms with E-state index in [0.717, 1.165) is 49.5 Å². The monoisotopic (exact) mass is 442 g/mol. The summed E-state index contributed by atoms with van der Waals surface area (Å²) in [5.74, 6) is 1.40. The second kappa shape index (κ2) is 9.73. The van der Waals surface area contributed by atoms with E-state index in [2.05, 4.69) is 27.8 Å². The van der Waals surface area contributed by atoms with Gasteiger partial charge in [0, 0.05) is 19.3 Å². The van der Waals surface area contributed by atoms with Crippen LogP contribution >= 0.6 is 0 Å². The van der Waals surface area contributed by atoms with Gasteiger partial charge in [0.1, 0.15) is 0 Å². The van der Waals surface area contributed by atoms with E-state index in [9.17, 15) is 13.2 Å². The molecule has 1 saturated carbocycles. The van der Waals surface area contributed by atoms with Gasteiger partial charge in [-0.1, -0.05) is 31.9 Å². The van der Waals surface area contributed by atoms with Crippen molar-refractivity contribution in [2.24, 2.45) is 11.8 Å². The number of hydrogen-bond donors (Lipinski definition) is 3. The third kappa shape index (κ3) is 5.41. The Balaban J connectivity index is 1.38. The Labute approximate surface area is 182 Å². The average Bonchev–Trinajstić information content (AvgIpc) is 3.23. The lowest BCUT2D eigenvalue weighted by Gasteiger charge is -2.43. The molecule has 1 aromatic rings. The molecular weight excluding hydrogens is 408 g/mol. The first-order chi connectivity index (χ1) is 14.8. The number of likely N-dealkylation sites (tertiary alicyclic amines) is 1. The van der Waals surface area contributed by atoms with Crippen LogP contribution in [0.2, 0.25) is 0 Å². The molecule has 0 radical (unpaired) electrons. The van der Waals surface area contributed by atoms with Crippen LogP contribution in [0.3, 0.4) is 0 Å². The SMILES string of the molecule is CC1CCC(CNC2NCNC(N3CCCC3c3ccc(C(F)(F)F)cc3)C2F)CC1. The third-order valence-corrected chi connectivity index (χ3v) is 7.29. The van der Waals surface area contributed by atoms with Crippen molar-refractivity contribution in [2.75, 3.05) is 19.8 Å². The average molecular weight is 443 g/mol. The highest BCUT2D eigenvalue weighted by atomic mass is 19.4. The lowest BCUT2D eigenvalue weighted by Crippen LogP contribution is -2.68. The van der Waals surface area contributed by atoms with E-state index in [1.807, 2.05) is 0 Å². The standard InChI is InChI=1S/C23H34F4N4/c1-15-4-6-16(7-5-15)13-28-21-20(24)22(30-14-29-21)31-12-2-3-19(31)17-8-10-18(11-9-17)23(25,26)27/h8-11,15-16,19-22,28-30H,2-7,12-14H2,1H3. The van der Waals surface area contributed by atoms with Gasteiger partial charge >= 0.3 is 6.18 Å². The fourth-order valence-electron chi connectivity index (χ4n) is 5.37. The molecule has 2 heterocycles. The van der Waals surface area contributed by atoms with Gasteiger partial charge in [0.25, 0.3) is 0 Å². The number of hydrogen-bond acceptors (Lipinski definition) is 4. The maximum Gasteiger partial charge on any atom is 0.416 e. The van der Waals surface area contributed by atoms with Gasteiger partial charge in [0.15, 0.2) is 6.17 Å². The maximum atomic E-state index is 15.5. The van der Waals surface area contributed by atoms with Crippen molar-refractivity contribution >= 4 is 0 Å². The van der Waals surface area contributed by atoms with Gasteiger partial charge in [0.2, 0.25) is 0 Å². The van der Waals surface area contributed by atoms with Gasteiger partial charge in [0.05, 0.1) is 17.9 Å². The first kappa shape index (κ1) is 23.0. The van der Waals surface area contributed by atoms with Gasteiger partial charge in [-0.2, -0.15) is 13.2 Å². The summed E-state index contributed by atoms with van der Waals surface area (Å²) in [6.07, 6.45) is 0.245. The summed E-state index contributed by atoms with van der Waals surface area (Å²) in [6.45, 7) is 4.35. The van der Waals surface area contributed by atoms with Gasteiger partial charge in [-0.3, -0.25) is 20.9 Å². The van der Waals surface area contributed by atoms with Gasteiger partial charge in [-0.25, -0.2) is 4.39 Å². The molecule has 174 valence electrons. The van der Waals surface area contributed by atoms with Crippen LogP contribution in [0.4, 0.5) is 17.6 Å². The minimum Gasteiger partial charge on any atom is -0.299 e. The summed E-state index contributed by atoms with van der Waals surface area (Å²) >= 11 is 0. The summed E-state index contributed by atoms with van der Waals surface area (Å²) in [5.41, 5.74) is 0.171. The van der Waals surface area contributed by atoms with Crippen LogP contribution < -0.4 is 16.0 Å². The molecule has 3 aliphatic rings. The summed E-state index contributed by atoms with van der Waals surface area (Å²) in [6, 6.07) is 5.27. The molecule has 0 amide bonds. The number of halogens is 4. The van der Waals surface area contributed by atoms with Gasteiger partial charge < -0.3 is 0 Å². The van der Waals surface area contributed by atoms with Crippen molar-refractivity contribution in [1.29, 1.82) is 0 Å². The first-order valence-electron chi connectivity index (χ1n) is 11.6. The Morgan fingerprint density at radius 3 is 2.42 bits per heavy atom. The Morgan fingerprint density at radius 1 is 1.03 bits per heavy atom. The van der Waals surface area contributed by atoms with E-state index in [4.69, 9.17) is 0 Å². The molecule has 1 aromatic carbocycles. The smallest absolute Gasteiger partial charge is 0.299 e. The Kier molecular flexibility index (Phi) is 7.20. The lowest BCUT2D eigenvalue weighted by atomic mass is 9.83. The molecule has 4 nitrogen and oxygen atoms in total. The van der Waals surface area contributed by atoms with Crippen molar-refractivity contribution in [2.45, 2.75) is 76.2 Å². The van der Waals surface area contributed by atoms with Crippen LogP contribution in [0.1, 0.15) is 62.6 Å². The van der Waals surface area contributed by atoms with Gasteiger partial charge in [-0.15, -0.1) is 0 Å². The molecule has 8 heteroatoms. The van der Waals surface area contributed by atoms with Crippen molar-refractivity contribution in [3.8, 4) is 0 Å². The molecule has 0 aromatic heterocycles. The summed E-state index contributed by atoms with van der Waals surface area (Å²) < 4.78 is 54.2. The molecule has 4 unspecified atom stereocenters. The number of benzene rings is 1. The summed E-state index contributed by atoms with van der Waals surface area (Å²) in [7, 11) is 0. The van der Waals surface area contributed by atoms with Crippen LogP contribution in [0.5, 0.6) is 0 Å². The van der Waals surface area contributed by atoms with E-state index in [1.54, 1.807) is 12.1 Å². The minimum absolute atomic E-state index is 0.0726. The van der Waals surface area contributed by atoms with Crippen LogP contribution in [-0.2, 0) is 6.18 Å². The molecule has 4 atom stereocenters. The molecule has 2 saturated heterocycles. The number of rotatable bonds is 5. The lowest BCUT2D eigenvalue weighted by molar-refractivity contribution is -0.137. The predicted molar refractivity (Wildman–Crippen MR) is 113 cm³/mol. The molecule has 31 heavy (non-hydrogen) atoms. The van der Waals surface area contributed by atoms with Crippen molar-refractivity contribution < 1.29 is 17.6 Å². The normalized spacial score (nSPS) is 35.4. The number of nitrogens with one attached hydrogen (secondary N) is 3. The van der Waals surface area contributed by atoms with E-state index < -0.39 is 30.2 Å². The third-order valence-electron chi connectivity index (χ3n) is 7.29.